The van der Waals surface area contributed by atoms with Gasteiger partial charge in [-0.05, 0) is 13.8 Å². The van der Waals surface area contributed by atoms with Crippen LogP contribution in [0.15, 0.2) is 0 Å². The summed E-state index contributed by atoms with van der Waals surface area (Å²) in [4.78, 5) is 5.55. The molecule has 0 saturated carbocycles. The van der Waals surface area contributed by atoms with Crippen molar-refractivity contribution in [2.75, 3.05) is 46.8 Å². The van der Waals surface area contributed by atoms with Gasteiger partial charge in [-0.3, -0.25) is 0 Å². The summed E-state index contributed by atoms with van der Waals surface area (Å²) in [5.74, 6) is 0. The van der Waals surface area contributed by atoms with Gasteiger partial charge in [-0.25, -0.2) is 4.98 Å². The lowest BCUT2D eigenvalue weighted by Gasteiger charge is -2.06. The lowest BCUT2D eigenvalue weighted by atomic mass is 10.4. The molecule has 6 heteroatoms. The second kappa shape index (κ2) is 10.3. The first-order valence-electron chi connectivity index (χ1n) is 6.39. The summed E-state index contributed by atoms with van der Waals surface area (Å²) in [7, 11) is 1.66. The molecule has 1 aromatic heterocycles. The molecule has 0 aromatic carbocycles. The van der Waals surface area contributed by atoms with Gasteiger partial charge >= 0.3 is 0 Å². The quantitative estimate of drug-likeness (QED) is 0.583. The van der Waals surface area contributed by atoms with Gasteiger partial charge in [0.05, 0.1) is 61.8 Å². The van der Waals surface area contributed by atoms with Gasteiger partial charge < -0.3 is 18.9 Å². The molecule has 1 aromatic rings. The number of thiazole rings is 1. The Morgan fingerprint density at radius 2 is 1.47 bits per heavy atom. The molecule has 0 aliphatic heterocycles. The molecule has 0 atom stereocenters. The number of nitrogens with zero attached hydrogens (tertiary/aromatic N) is 1. The van der Waals surface area contributed by atoms with Crippen molar-refractivity contribution in [1.29, 1.82) is 0 Å². The van der Waals surface area contributed by atoms with E-state index in [2.05, 4.69) is 4.98 Å². The van der Waals surface area contributed by atoms with E-state index in [0.717, 1.165) is 10.7 Å². The van der Waals surface area contributed by atoms with E-state index < -0.39 is 0 Å². The van der Waals surface area contributed by atoms with Crippen molar-refractivity contribution in [2.24, 2.45) is 0 Å². The number of ether oxygens (including phenoxy) is 4. The minimum absolute atomic E-state index is 0.588. The largest absolute Gasteiger partial charge is 0.382 e. The minimum Gasteiger partial charge on any atom is -0.382 e. The van der Waals surface area contributed by atoms with Crippen molar-refractivity contribution in [2.45, 2.75) is 20.5 Å². The summed E-state index contributed by atoms with van der Waals surface area (Å²) >= 11 is 1.69. The van der Waals surface area contributed by atoms with Gasteiger partial charge in [-0.2, -0.15) is 0 Å². The third-order valence-corrected chi connectivity index (χ3v) is 3.45. The highest BCUT2D eigenvalue weighted by Gasteiger charge is 2.04. The maximum atomic E-state index is 5.54. The topological polar surface area (TPSA) is 49.8 Å². The van der Waals surface area contributed by atoms with E-state index in [1.54, 1.807) is 18.4 Å². The smallest absolute Gasteiger partial charge is 0.0900 e. The van der Waals surface area contributed by atoms with Gasteiger partial charge in [0.1, 0.15) is 0 Å². The minimum atomic E-state index is 0.588. The molecule has 0 bridgehead atoms. The van der Waals surface area contributed by atoms with Gasteiger partial charge in [0.25, 0.3) is 0 Å². The van der Waals surface area contributed by atoms with E-state index in [0.29, 0.717) is 46.2 Å². The molecule has 0 N–H and O–H groups in total. The van der Waals surface area contributed by atoms with Crippen LogP contribution in [0.1, 0.15) is 15.6 Å². The Hall–Kier alpha value is -0.530. The third kappa shape index (κ3) is 7.59. The molecular weight excluding hydrogens is 266 g/mol. The van der Waals surface area contributed by atoms with Gasteiger partial charge in [-0.1, -0.05) is 0 Å². The number of methoxy groups -OCH3 is 1. The third-order valence-electron chi connectivity index (χ3n) is 2.41. The predicted molar refractivity (Wildman–Crippen MR) is 74.8 cm³/mol. The summed E-state index contributed by atoms with van der Waals surface area (Å²) < 4.78 is 21.1. The Balaban J connectivity index is 1.90. The lowest BCUT2D eigenvalue weighted by molar-refractivity contribution is 0.00113. The van der Waals surface area contributed by atoms with Gasteiger partial charge in [-0.15, -0.1) is 11.3 Å². The van der Waals surface area contributed by atoms with E-state index in [9.17, 15) is 0 Å². The molecule has 0 saturated heterocycles. The second-order valence-corrected chi connectivity index (χ2v) is 5.30. The Kier molecular flexibility index (Phi) is 8.94. The van der Waals surface area contributed by atoms with E-state index in [-0.39, 0.29) is 0 Å². The first kappa shape index (κ1) is 16.5. The van der Waals surface area contributed by atoms with E-state index in [1.807, 2.05) is 13.8 Å². The number of aromatic nitrogens is 1. The maximum Gasteiger partial charge on any atom is 0.0900 e. The zero-order valence-electron chi connectivity index (χ0n) is 11.9. The highest BCUT2D eigenvalue weighted by molar-refractivity contribution is 7.11. The van der Waals surface area contributed by atoms with Crippen LogP contribution in [0.3, 0.4) is 0 Å². The Bertz CT molecular complexity index is 343. The summed E-state index contributed by atoms with van der Waals surface area (Å²) in [6.07, 6.45) is 0. The summed E-state index contributed by atoms with van der Waals surface area (Å²) in [5.41, 5.74) is 1.06. The molecule has 0 spiro atoms. The van der Waals surface area contributed by atoms with Crippen LogP contribution in [0.4, 0.5) is 0 Å². The SMILES string of the molecule is COCCOCCOCCOCc1sc(C)nc1C. The molecule has 5 nitrogen and oxygen atoms in total. The van der Waals surface area contributed by atoms with Crippen LogP contribution in [0.2, 0.25) is 0 Å². The zero-order valence-corrected chi connectivity index (χ0v) is 12.8. The summed E-state index contributed by atoms with van der Waals surface area (Å²) in [6.45, 7) is 8.23. The van der Waals surface area contributed by atoms with E-state index in [4.69, 9.17) is 18.9 Å². The number of hydrogen-bond donors (Lipinski definition) is 0. The van der Waals surface area contributed by atoms with Gasteiger partial charge in [0.15, 0.2) is 0 Å². The van der Waals surface area contributed by atoms with Crippen LogP contribution < -0.4 is 0 Å². The van der Waals surface area contributed by atoms with E-state index in [1.165, 1.54) is 4.88 Å². The molecule has 0 aliphatic carbocycles. The first-order valence-corrected chi connectivity index (χ1v) is 7.20. The van der Waals surface area contributed by atoms with Gasteiger partial charge in [0, 0.05) is 7.11 Å². The van der Waals surface area contributed by atoms with Crippen molar-refractivity contribution < 1.29 is 18.9 Å². The maximum absolute atomic E-state index is 5.54. The van der Waals surface area contributed by atoms with Crippen molar-refractivity contribution in [3.05, 3.63) is 15.6 Å². The van der Waals surface area contributed by atoms with Crippen LogP contribution in [0.25, 0.3) is 0 Å². The van der Waals surface area contributed by atoms with Crippen LogP contribution in [-0.2, 0) is 25.6 Å². The molecule has 0 unspecified atom stereocenters. The Morgan fingerprint density at radius 3 is 2.00 bits per heavy atom. The van der Waals surface area contributed by atoms with Crippen molar-refractivity contribution in [1.82, 2.24) is 4.98 Å². The molecule has 1 rings (SSSR count). The highest BCUT2D eigenvalue weighted by Crippen LogP contribution is 2.17. The van der Waals surface area contributed by atoms with E-state index >= 15 is 0 Å². The first-order chi connectivity index (χ1) is 9.24. The number of rotatable bonds is 11. The van der Waals surface area contributed by atoms with Crippen LogP contribution in [0, 0.1) is 13.8 Å². The Labute approximate surface area is 118 Å². The molecule has 1 heterocycles. The van der Waals surface area contributed by atoms with Crippen molar-refractivity contribution in [3.63, 3.8) is 0 Å². The van der Waals surface area contributed by atoms with Crippen molar-refractivity contribution >= 4 is 11.3 Å². The average molecular weight is 289 g/mol. The molecular formula is C13H23NO4S. The molecule has 0 amide bonds. The van der Waals surface area contributed by atoms with Crippen molar-refractivity contribution in [3.8, 4) is 0 Å². The second-order valence-electron chi connectivity index (χ2n) is 4.01. The normalized spacial score (nSPS) is 11.1. The molecule has 0 radical (unpaired) electrons. The molecule has 110 valence electrons. The predicted octanol–water partition coefficient (Wildman–Crippen LogP) is 1.96. The van der Waals surface area contributed by atoms with Crippen LogP contribution >= 0.6 is 11.3 Å². The standard InChI is InChI=1S/C13H23NO4S/c1-11-13(19-12(2)14-11)10-18-9-8-17-7-6-16-5-4-15-3/h4-10H2,1-3H3. The fourth-order valence-electron chi connectivity index (χ4n) is 1.45. The fourth-order valence-corrected chi connectivity index (χ4v) is 2.33. The summed E-state index contributed by atoms with van der Waals surface area (Å²) in [5, 5.41) is 1.08. The van der Waals surface area contributed by atoms with Crippen LogP contribution in [0.5, 0.6) is 0 Å². The summed E-state index contributed by atoms with van der Waals surface area (Å²) in [6, 6.07) is 0. The molecule has 0 aliphatic rings. The monoisotopic (exact) mass is 289 g/mol. The highest BCUT2D eigenvalue weighted by atomic mass is 32.1. The molecule has 19 heavy (non-hydrogen) atoms. The van der Waals surface area contributed by atoms with Gasteiger partial charge in [0.2, 0.25) is 0 Å². The molecule has 0 fully saturated rings. The number of aryl methyl sites for hydroxylation is 2. The number of hydrogen-bond acceptors (Lipinski definition) is 6. The zero-order chi connectivity index (χ0) is 13.9. The fraction of sp³-hybridized carbons (Fsp3) is 0.769. The lowest BCUT2D eigenvalue weighted by Crippen LogP contribution is -2.11. The average Bonchev–Trinajstić information content (AvgIpc) is 2.70. The van der Waals surface area contributed by atoms with Crippen LogP contribution in [-0.4, -0.2) is 51.7 Å². The Morgan fingerprint density at radius 1 is 0.895 bits per heavy atom.